The fourth-order valence-corrected chi connectivity index (χ4v) is 4.87. The molecule has 5 atom stereocenters. The van der Waals surface area contributed by atoms with E-state index in [0.29, 0.717) is 12.0 Å². The van der Waals surface area contributed by atoms with Crippen molar-refractivity contribution < 1.29 is 9.68 Å². The molecular formula is C14H23NO2. The van der Waals surface area contributed by atoms with Crippen LogP contribution >= 0.6 is 0 Å². The lowest BCUT2D eigenvalue weighted by molar-refractivity contribution is -0.438. The van der Waals surface area contributed by atoms with Crippen molar-refractivity contribution in [1.29, 1.82) is 0 Å². The van der Waals surface area contributed by atoms with Crippen molar-refractivity contribution in [2.75, 3.05) is 6.61 Å². The second-order valence-electron chi connectivity index (χ2n) is 6.68. The summed E-state index contributed by atoms with van der Waals surface area (Å²) in [6.07, 6.45) is 10.1. The van der Waals surface area contributed by atoms with E-state index in [2.05, 4.69) is 6.92 Å². The Hall–Kier alpha value is -0.120. The Morgan fingerprint density at radius 2 is 1.94 bits per heavy atom. The normalized spacial score (nSPS) is 54.2. The first-order valence-electron chi connectivity index (χ1n) is 7.38. The van der Waals surface area contributed by atoms with Crippen LogP contribution in [0.2, 0.25) is 0 Å². The highest BCUT2D eigenvalue weighted by Gasteiger charge is 2.62. The van der Waals surface area contributed by atoms with Crippen LogP contribution in [0.25, 0.3) is 0 Å². The third-order valence-corrected chi connectivity index (χ3v) is 5.89. The van der Waals surface area contributed by atoms with Gasteiger partial charge in [-0.15, -0.1) is 0 Å². The molecule has 1 unspecified atom stereocenters. The Kier molecular flexibility index (Phi) is 2.34. The standard InChI is InChI=1S/C14H23NO2/c1-14-11-7-12(17-15(14)16-9-11)8-13(14)10-5-3-2-4-6-10/h10-13H,2-9H2,1H3/t11-,12-,13+,14+/m1/s1. The Labute approximate surface area is 103 Å². The highest BCUT2D eigenvalue weighted by atomic mass is 17.0. The van der Waals surface area contributed by atoms with Crippen LogP contribution in [0.4, 0.5) is 0 Å². The van der Waals surface area contributed by atoms with Gasteiger partial charge in [-0.2, -0.15) is 0 Å². The molecule has 0 aromatic carbocycles. The minimum Gasteiger partial charge on any atom is -0.273 e. The summed E-state index contributed by atoms with van der Waals surface area (Å²) in [7, 11) is 0. The molecule has 5 rings (SSSR count). The van der Waals surface area contributed by atoms with Crippen LogP contribution in [0.3, 0.4) is 0 Å². The van der Waals surface area contributed by atoms with Gasteiger partial charge < -0.3 is 0 Å². The zero-order valence-electron chi connectivity index (χ0n) is 10.7. The van der Waals surface area contributed by atoms with E-state index in [-0.39, 0.29) is 5.54 Å². The molecule has 0 spiro atoms. The maximum Gasteiger partial charge on any atom is 0.0827 e. The molecule has 0 amide bonds. The molecule has 3 heteroatoms. The molecule has 96 valence electrons. The van der Waals surface area contributed by atoms with Gasteiger partial charge in [0.25, 0.3) is 0 Å². The fraction of sp³-hybridized carbons (Fsp3) is 1.00. The van der Waals surface area contributed by atoms with Crippen LogP contribution in [0, 0.1) is 17.8 Å². The van der Waals surface area contributed by atoms with E-state index in [1.807, 2.05) is 5.23 Å². The number of hydrogen-bond acceptors (Lipinski definition) is 3. The lowest BCUT2D eigenvalue weighted by Crippen LogP contribution is -2.63. The van der Waals surface area contributed by atoms with Crippen molar-refractivity contribution >= 4 is 0 Å². The minimum absolute atomic E-state index is 0.177. The number of fused-ring (bicyclic) bond motifs is 1. The highest BCUT2D eigenvalue weighted by Crippen LogP contribution is 2.56. The van der Waals surface area contributed by atoms with Gasteiger partial charge in [0, 0.05) is 5.92 Å². The van der Waals surface area contributed by atoms with E-state index >= 15 is 0 Å². The average Bonchev–Trinajstić information content (AvgIpc) is 2.58. The molecule has 0 radical (unpaired) electrons. The Bertz CT molecular complexity index is 299. The van der Waals surface area contributed by atoms with Crippen LogP contribution in [0.1, 0.15) is 51.9 Å². The summed E-state index contributed by atoms with van der Waals surface area (Å²) >= 11 is 0. The summed E-state index contributed by atoms with van der Waals surface area (Å²) in [6, 6.07) is 0. The maximum absolute atomic E-state index is 5.91. The molecule has 3 aliphatic heterocycles. The first-order chi connectivity index (χ1) is 8.28. The lowest BCUT2D eigenvalue weighted by atomic mass is 9.59. The molecule has 5 aliphatic rings. The van der Waals surface area contributed by atoms with E-state index in [1.54, 1.807) is 0 Å². The molecule has 3 heterocycles. The zero-order valence-corrected chi connectivity index (χ0v) is 10.7. The van der Waals surface area contributed by atoms with Crippen LogP contribution in [0.5, 0.6) is 0 Å². The van der Waals surface area contributed by atoms with Gasteiger partial charge in [-0.05, 0) is 31.6 Å². The van der Waals surface area contributed by atoms with Crippen LogP contribution in [0.15, 0.2) is 0 Å². The Balaban J connectivity index is 1.63. The first kappa shape index (κ1) is 10.8. The summed E-state index contributed by atoms with van der Waals surface area (Å²) in [5, 5.41) is 1.90. The molecule has 5 fully saturated rings. The van der Waals surface area contributed by atoms with E-state index in [1.165, 1.54) is 44.9 Å². The van der Waals surface area contributed by atoms with Gasteiger partial charge in [0.1, 0.15) is 0 Å². The van der Waals surface area contributed by atoms with Crippen molar-refractivity contribution in [3.05, 3.63) is 0 Å². The third-order valence-electron chi connectivity index (χ3n) is 5.89. The van der Waals surface area contributed by atoms with Gasteiger partial charge in [0.05, 0.1) is 18.2 Å². The first-order valence-corrected chi connectivity index (χ1v) is 7.38. The predicted octanol–water partition coefficient (Wildman–Crippen LogP) is 2.91. The molecule has 3 saturated heterocycles. The molecule has 0 aromatic heterocycles. The smallest absolute Gasteiger partial charge is 0.0827 e. The van der Waals surface area contributed by atoms with Gasteiger partial charge in [0.2, 0.25) is 0 Å². The van der Waals surface area contributed by atoms with Gasteiger partial charge in [0.15, 0.2) is 0 Å². The second-order valence-corrected chi connectivity index (χ2v) is 6.68. The largest absolute Gasteiger partial charge is 0.273 e. The second kappa shape index (κ2) is 3.69. The molecule has 3 nitrogen and oxygen atoms in total. The maximum atomic E-state index is 5.91. The number of nitrogens with zero attached hydrogens (tertiary/aromatic N) is 1. The Morgan fingerprint density at radius 3 is 2.71 bits per heavy atom. The predicted molar refractivity (Wildman–Crippen MR) is 63.9 cm³/mol. The molecule has 0 aromatic rings. The SMILES string of the molecule is C[C@@]12[C@H]3CON1O[C@H](C3)C[C@H]2C1CCCCC1. The van der Waals surface area contributed by atoms with Crippen molar-refractivity contribution in [3.63, 3.8) is 0 Å². The highest BCUT2D eigenvalue weighted by molar-refractivity contribution is 5.07. The van der Waals surface area contributed by atoms with Crippen molar-refractivity contribution in [2.45, 2.75) is 63.5 Å². The van der Waals surface area contributed by atoms with E-state index < -0.39 is 0 Å². The van der Waals surface area contributed by atoms with Crippen LogP contribution in [-0.4, -0.2) is 23.5 Å². The average molecular weight is 237 g/mol. The summed E-state index contributed by atoms with van der Waals surface area (Å²) in [6.45, 7) is 3.27. The summed E-state index contributed by atoms with van der Waals surface area (Å²) in [5.41, 5.74) is 0.177. The summed E-state index contributed by atoms with van der Waals surface area (Å²) in [5.74, 6) is 2.44. The number of rotatable bonds is 1. The number of hydrogen-bond donors (Lipinski definition) is 0. The van der Waals surface area contributed by atoms with Gasteiger partial charge >= 0.3 is 0 Å². The molecule has 17 heavy (non-hydrogen) atoms. The monoisotopic (exact) mass is 237 g/mol. The van der Waals surface area contributed by atoms with Crippen molar-refractivity contribution in [2.24, 2.45) is 17.8 Å². The topological polar surface area (TPSA) is 21.7 Å². The van der Waals surface area contributed by atoms with E-state index in [0.717, 1.165) is 18.4 Å². The fourth-order valence-electron chi connectivity index (χ4n) is 4.87. The van der Waals surface area contributed by atoms with Crippen LogP contribution < -0.4 is 0 Å². The summed E-state index contributed by atoms with van der Waals surface area (Å²) < 4.78 is 0. The minimum atomic E-state index is 0.177. The van der Waals surface area contributed by atoms with Crippen LogP contribution in [-0.2, 0) is 9.68 Å². The van der Waals surface area contributed by atoms with Crippen molar-refractivity contribution in [1.82, 2.24) is 5.23 Å². The quantitative estimate of drug-likeness (QED) is 0.700. The van der Waals surface area contributed by atoms with E-state index in [9.17, 15) is 0 Å². The van der Waals surface area contributed by atoms with Gasteiger partial charge in [-0.3, -0.25) is 9.68 Å². The zero-order chi connectivity index (χ0) is 11.5. The molecule has 2 aliphatic carbocycles. The van der Waals surface area contributed by atoms with E-state index in [4.69, 9.17) is 9.68 Å². The molecular weight excluding hydrogens is 214 g/mol. The number of hydroxylamine groups is 2. The molecule has 0 N–H and O–H groups in total. The Morgan fingerprint density at radius 1 is 1.12 bits per heavy atom. The molecule has 4 bridgehead atoms. The van der Waals surface area contributed by atoms with Crippen molar-refractivity contribution in [3.8, 4) is 0 Å². The van der Waals surface area contributed by atoms with Gasteiger partial charge in [-0.25, -0.2) is 0 Å². The molecule has 2 saturated carbocycles. The van der Waals surface area contributed by atoms with Gasteiger partial charge in [-0.1, -0.05) is 37.3 Å². The lowest BCUT2D eigenvalue weighted by Gasteiger charge is -2.56. The third kappa shape index (κ3) is 1.39. The summed E-state index contributed by atoms with van der Waals surface area (Å²) in [4.78, 5) is 11.7.